The molecule has 0 fully saturated rings. The molecule has 1 atom stereocenters. The molecule has 1 aromatic rings. The van der Waals surface area contributed by atoms with Crippen molar-refractivity contribution in [1.82, 2.24) is 4.72 Å². The lowest BCUT2D eigenvalue weighted by Gasteiger charge is -2.11. The Morgan fingerprint density at radius 3 is 2.42 bits per heavy atom. The lowest BCUT2D eigenvalue weighted by Crippen LogP contribution is -2.35. The molecule has 0 radical (unpaired) electrons. The first kappa shape index (κ1) is 15.6. The van der Waals surface area contributed by atoms with E-state index in [1.165, 1.54) is 19.2 Å². The number of methoxy groups -OCH3 is 1. The summed E-state index contributed by atoms with van der Waals surface area (Å²) in [5, 5.41) is 8.81. The third-order valence-electron chi connectivity index (χ3n) is 2.39. The quantitative estimate of drug-likeness (QED) is 0.733. The fourth-order valence-corrected chi connectivity index (χ4v) is 2.86. The Bertz CT molecular complexity index is 524. The lowest BCUT2D eigenvalue weighted by molar-refractivity contribution is 0.0600. The number of rotatable bonds is 6. The van der Waals surface area contributed by atoms with E-state index in [9.17, 15) is 13.2 Å². The molecule has 0 spiro atoms. The van der Waals surface area contributed by atoms with E-state index in [2.05, 4.69) is 9.46 Å². The van der Waals surface area contributed by atoms with E-state index < -0.39 is 22.0 Å². The average molecular weight is 287 g/mol. The summed E-state index contributed by atoms with van der Waals surface area (Å²) in [7, 11) is -2.23. The predicted octanol–water partition coefficient (Wildman–Crippen LogP) is 0.273. The van der Waals surface area contributed by atoms with Gasteiger partial charge < -0.3 is 9.84 Å². The van der Waals surface area contributed by atoms with Crippen LogP contribution in [0.15, 0.2) is 24.3 Å². The Hall–Kier alpha value is -1.44. The number of carbonyl (C=O) groups excluding carboxylic acids is 1. The van der Waals surface area contributed by atoms with Crippen LogP contribution in [0.1, 0.15) is 22.8 Å². The molecule has 0 unspecified atom stereocenters. The Labute approximate surface area is 112 Å². The fraction of sp³-hybridized carbons (Fsp3) is 0.417. The number of carbonyl (C=O) groups is 1. The molecular formula is C12H17NO5S. The van der Waals surface area contributed by atoms with Crippen LogP contribution in [0.4, 0.5) is 0 Å². The summed E-state index contributed by atoms with van der Waals surface area (Å²) in [6, 6.07) is 5.59. The van der Waals surface area contributed by atoms with Crippen molar-refractivity contribution in [3.63, 3.8) is 0 Å². The first-order chi connectivity index (χ1) is 8.88. The van der Waals surface area contributed by atoms with Crippen LogP contribution in [0, 0.1) is 0 Å². The maximum absolute atomic E-state index is 11.7. The molecule has 0 aromatic heterocycles. The van der Waals surface area contributed by atoms with Crippen LogP contribution in [-0.2, 0) is 20.5 Å². The van der Waals surface area contributed by atoms with Gasteiger partial charge >= 0.3 is 5.97 Å². The van der Waals surface area contributed by atoms with E-state index in [1.54, 1.807) is 19.1 Å². The zero-order valence-electron chi connectivity index (χ0n) is 10.8. The number of sulfonamides is 1. The number of hydrogen-bond acceptors (Lipinski definition) is 5. The van der Waals surface area contributed by atoms with Crippen molar-refractivity contribution in [2.75, 3.05) is 13.7 Å². The van der Waals surface area contributed by atoms with Gasteiger partial charge in [0.2, 0.25) is 10.0 Å². The van der Waals surface area contributed by atoms with Crippen LogP contribution < -0.4 is 4.72 Å². The summed E-state index contributed by atoms with van der Waals surface area (Å²) in [6.45, 7) is 1.30. The number of hydrogen-bond donors (Lipinski definition) is 2. The van der Waals surface area contributed by atoms with Crippen molar-refractivity contribution in [1.29, 1.82) is 0 Å². The predicted molar refractivity (Wildman–Crippen MR) is 70.1 cm³/mol. The molecule has 2 N–H and O–H groups in total. The van der Waals surface area contributed by atoms with Crippen molar-refractivity contribution in [2.24, 2.45) is 0 Å². The molecule has 0 heterocycles. The summed E-state index contributed by atoms with van der Waals surface area (Å²) in [5.41, 5.74) is 0.908. The van der Waals surface area contributed by atoms with E-state index in [4.69, 9.17) is 5.11 Å². The third-order valence-corrected chi connectivity index (χ3v) is 3.86. The second-order valence-corrected chi connectivity index (χ2v) is 5.90. The van der Waals surface area contributed by atoms with Crippen molar-refractivity contribution in [2.45, 2.75) is 18.7 Å². The number of ether oxygens (including phenoxy) is 1. The van der Waals surface area contributed by atoms with Crippen LogP contribution in [0.3, 0.4) is 0 Å². The van der Waals surface area contributed by atoms with Gasteiger partial charge in [-0.2, -0.15) is 0 Å². The Morgan fingerprint density at radius 2 is 1.95 bits per heavy atom. The molecule has 6 nitrogen and oxygen atoms in total. The number of nitrogens with one attached hydrogen (secondary N) is 1. The minimum absolute atomic E-state index is 0.210. The molecule has 0 saturated heterocycles. The molecule has 19 heavy (non-hydrogen) atoms. The largest absolute Gasteiger partial charge is 0.465 e. The highest BCUT2D eigenvalue weighted by Crippen LogP contribution is 2.09. The first-order valence-corrected chi connectivity index (χ1v) is 7.31. The van der Waals surface area contributed by atoms with Gasteiger partial charge in [0.15, 0.2) is 0 Å². The molecular weight excluding hydrogens is 270 g/mol. The molecule has 7 heteroatoms. The standard InChI is InChI=1S/C12H17NO5S/c1-9(7-14)13-19(16,17)8-10-3-5-11(6-4-10)12(15)18-2/h3-6,9,13-14H,7-8H2,1-2H3/t9-/m0/s1. The van der Waals surface area contributed by atoms with E-state index in [1.807, 2.05) is 0 Å². The van der Waals surface area contributed by atoms with Gasteiger partial charge in [-0.15, -0.1) is 0 Å². The second-order valence-electron chi connectivity index (χ2n) is 4.15. The molecule has 0 aliphatic carbocycles. The summed E-state index contributed by atoms with van der Waals surface area (Å²) in [5.74, 6) is -0.680. The van der Waals surface area contributed by atoms with Gasteiger partial charge in [0, 0.05) is 6.04 Å². The maximum Gasteiger partial charge on any atom is 0.337 e. The number of aliphatic hydroxyl groups excluding tert-OH is 1. The Balaban J connectivity index is 2.75. The third kappa shape index (κ3) is 4.98. The van der Waals surface area contributed by atoms with Crippen LogP contribution in [-0.4, -0.2) is 39.3 Å². The molecule has 106 valence electrons. The molecule has 0 bridgehead atoms. The molecule has 0 saturated carbocycles. The molecule has 0 amide bonds. The Kier molecular flexibility index (Phi) is 5.46. The van der Waals surface area contributed by atoms with Gasteiger partial charge in [-0.1, -0.05) is 12.1 Å². The van der Waals surface area contributed by atoms with Gasteiger partial charge in [-0.25, -0.2) is 17.9 Å². The minimum atomic E-state index is -3.51. The highest BCUT2D eigenvalue weighted by Gasteiger charge is 2.15. The van der Waals surface area contributed by atoms with Crippen molar-refractivity contribution in [3.8, 4) is 0 Å². The van der Waals surface area contributed by atoms with Gasteiger partial charge in [-0.3, -0.25) is 0 Å². The van der Waals surface area contributed by atoms with Gasteiger partial charge in [0.1, 0.15) is 0 Å². The summed E-state index contributed by atoms with van der Waals surface area (Å²) in [4.78, 5) is 11.2. The van der Waals surface area contributed by atoms with E-state index in [-0.39, 0.29) is 12.4 Å². The normalized spacial score (nSPS) is 13.0. The highest BCUT2D eigenvalue weighted by atomic mass is 32.2. The second kappa shape index (κ2) is 6.65. The SMILES string of the molecule is COC(=O)c1ccc(CS(=O)(=O)N[C@@H](C)CO)cc1. The van der Waals surface area contributed by atoms with Gasteiger partial charge in [0.05, 0.1) is 25.0 Å². The lowest BCUT2D eigenvalue weighted by atomic mass is 10.1. The average Bonchev–Trinajstić information content (AvgIpc) is 2.37. The molecule has 0 aliphatic heterocycles. The molecule has 1 rings (SSSR count). The maximum atomic E-state index is 11.7. The van der Waals surface area contributed by atoms with E-state index in [0.717, 1.165) is 0 Å². The first-order valence-electron chi connectivity index (χ1n) is 5.66. The van der Waals surface area contributed by atoms with Crippen LogP contribution in [0.2, 0.25) is 0 Å². The van der Waals surface area contributed by atoms with E-state index in [0.29, 0.717) is 11.1 Å². The number of aliphatic hydroxyl groups is 1. The number of benzene rings is 1. The topological polar surface area (TPSA) is 92.7 Å². The smallest absolute Gasteiger partial charge is 0.337 e. The van der Waals surface area contributed by atoms with E-state index >= 15 is 0 Å². The number of esters is 1. The summed E-state index contributed by atoms with van der Waals surface area (Å²) >= 11 is 0. The molecule has 1 aromatic carbocycles. The summed E-state index contributed by atoms with van der Waals surface area (Å²) in [6.07, 6.45) is 0. The Morgan fingerprint density at radius 1 is 1.37 bits per heavy atom. The monoisotopic (exact) mass is 287 g/mol. The fourth-order valence-electron chi connectivity index (χ4n) is 1.46. The zero-order valence-corrected chi connectivity index (χ0v) is 11.6. The van der Waals surface area contributed by atoms with Crippen LogP contribution in [0.25, 0.3) is 0 Å². The van der Waals surface area contributed by atoms with Crippen LogP contribution >= 0.6 is 0 Å². The summed E-state index contributed by atoms with van der Waals surface area (Å²) < 4.78 is 30.3. The zero-order chi connectivity index (χ0) is 14.5. The van der Waals surface area contributed by atoms with Crippen molar-refractivity contribution in [3.05, 3.63) is 35.4 Å². The highest BCUT2D eigenvalue weighted by molar-refractivity contribution is 7.88. The van der Waals surface area contributed by atoms with Gasteiger partial charge in [0.25, 0.3) is 0 Å². The van der Waals surface area contributed by atoms with Crippen LogP contribution in [0.5, 0.6) is 0 Å². The van der Waals surface area contributed by atoms with Gasteiger partial charge in [-0.05, 0) is 24.6 Å². The van der Waals surface area contributed by atoms with Crippen molar-refractivity contribution >= 4 is 16.0 Å². The minimum Gasteiger partial charge on any atom is -0.465 e. The molecule has 0 aliphatic rings. The van der Waals surface area contributed by atoms with Crippen molar-refractivity contribution < 1.29 is 23.1 Å².